The minimum absolute atomic E-state index is 0. The van der Waals surface area contributed by atoms with Crippen LogP contribution in [0.3, 0.4) is 0 Å². The maximum atomic E-state index is 12.9. The predicted octanol–water partition coefficient (Wildman–Crippen LogP) is 2.84. The van der Waals surface area contributed by atoms with Gasteiger partial charge in [0.1, 0.15) is 0 Å². The Kier molecular flexibility index (Phi) is 4.53. The summed E-state index contributed by atoms with van der Waals surface area (Å²) in [6.45, 7) is 5.54. The zero-order chi connectivity index (χ0) is 14.4. The van der Waals surface area contributed by atoms with Crippen molar-refractivity contribution in [2.45, 2.75) is 39.2 Å². The summed E-state index contributed by atoms with van der Waals surface area (Å²) in [6, 6.07) is 3.59. The number of aliphatic hydroxyl groups is 1. The van der Waals surface area contributed by atoms with Crippen molar-refractivity contribution in [3.63, 3.8) is 0 Å². The van der Waals surface area contributed by atoms with Gasteiger partial charge in [0.25, 0.3) is 0 Å². The number of hydrogen-bond acceptors (Lipinski definition) is 4. The summed E-state index contributed by atoms with van der Waals surface area (Å²) in [5.41, 5.74) is 6.05. The van der Waals surface area contributed by atoms with Gasteiger partial charge in [-0.3, -0.25) is 0 Å². The molecule has 4 nitrogen and oxygen atoms in total. The van der Waals surface area contributed by atoms with Crippen LogP contribution in [0, 0.1) is 5.41 Å². The fraction of sp³-hybridized carbons (Fsp3) is 0.538. The number of rotatable bonds is 2. The monoisotopic (exact) mass is 309 g/mol. The summed E-state index contributed by atoms with van der Waals surface area (Å²) < 4.78 is 34.4. The first-order chi connectivity index (χ1) is 8.60. The van der Waals surface area contributed by atoms with Gasteiger partial charge in [-0.2, -0.15) is 0 Å². The zero-order valence-corrected chi connectivity index (χ0v) is 12.2. The lowest BCUT2D eigenvalue weighted by molar-refractivity contribution is -0.286. The van der Waals surface area contributed by atoms with Crippen molar-refractivity contribution in [2.24, 2.45) is 11.1 Å². The molecule has 1 aromatic carbocycles. The smallest absolute Gasteiger partial charge is 0.395 e. The van der Waals surface area contributed by atoms with Crippen molar-refractivity contribution < 1.29 is 23.4 Å². The molecule has 1 aliphatic rings. The second kappa shape index (κ2) is 5.35. The molecule has 2 rings (SSSR count). The van der Waals surface area contributed by atoms with Crippen LogP contribution in [0.25, 0.3) is 0 Å². The van der Waals surface area contributed by atoms with Crippen LogP contribution in [-0.2, 0) is 0 Å². The molecule has 2 atom stereocenters. The highest BCUT2D eigenvalue weighted by Crippen LogP contribution is 2.42. The number of hydrogen-bond donors (Lipinski definition) is 2. The number of fused-ring (bicyclic) bond motifs is 1. The van der Waals surface area contributed by atoms with Gasteiger partial charge in [0.05, 0.1) is 12.1 Å². The molecule has 3 N–H and O–H groups in total. The average molecular weight is 310 g/mol. The second-order valence-corrected chi connectivity index (χ2v) is 5.71. The van der Waals surface area contributed by atoms with Gasteiger partial charge < -0.3 is 20.3 Å². The van der Waals surface area contributed by atoms with E-state index in [0.29, 0.717) is 5.56 Å². The predicted molar refractivity (Wildman–Crippen MR) is 72.3 cm³/mol. The molecule has 0 spiro atoms. The topological polar surface area (TPSA) is 64.7 Å². The lowest BCUT2D eigenvalue weighted by Gasteiger charge is -2.31. The van der Waals surface area contributed by atoms with Gasteiger partial charge >= 0.3 is 6.29 Å². The van der Waals surface area contributed by atoms with E-state index < -0.39 is 23.9 Å². The Morgan fingerprint density at radius 1 is 1.20 bits per heavy atom. The van der Waals surface area contributed by atoms with Crippen molar-refractivity contribution in [1.29, 1.82) is 0 Å². The molecule has 1 aromatic rings. The number of benzene rings is 1. The SMILES string of the molecule is CC(C)(C)[C@H](O)[C@H](N)c1ccc2c(c1)OC(F)(F)O2.Cl. The second-order valence-electron chi connectivity index (χ2n) is 5.71. The summed E-state index contributed by atoms with van der Waals surface area (Å²) in [6.07, 6.45) is -4.46. The number of nitrogens with two attached hydrogens (primary N) is 1. The zero-order valence-electron chi connectivity index (χ0n) is 11.4. The van der Waals surface area contributed by atoms with E-state index in [-0.39, 0.29) is 23.9 Å². The van der Waals surface area contributed by atoms with Crippen LogP contribution in [0.2, 0.25) is 0 Å². The highest BCUT2D eigenvalue weighted by molar-refractivity contribution is 5.85. The lowest BCUT2D eigenvalue weighted by Crippen LogP contribution is -2.36. The molecule has 0 saturated heterocycles. The maximum absolute atomic E-state index is 12.9. The highest BCUT2D eigenvalue weighted by atomic mass is 35.5. The molecule has 114 valence electrons. The fourth-order valence-corrected chi connectivity index (χ4v) is 1.89. The minimum atomic E-state index is -3.65. The molecular formula is C13H18ClF2NO3. The van der Waals surface area contributed by atoms with Crippen LogP contribution in [0.15, 0.2) is 18.2 Å². The van der Waals surface area contributed by atoms with Crippen LogP contribution >= 0.6 is 12.4 Å². The fourth-order valence-electron chi connectivity index (χ4n) is 1.89. The molecule has 7 heteroatoms. The molecular weight excluding hydrogens is 292 g/mol. The standard InChI is InChI=1S/C13H17F2NO3.ClH/c1-12(2,3)11(17)10(16)7-4-5-8-9(6-7)19-13(14,15)18-8;/h4-6,10-11,17H,16H2,1-3H3;1H/t10-,11-;/m1./s1. The maximum Gasteiger partial charge on any atom is 0.586 e. The first-order valence-electron chi connectivity index (χ1n) is 5.93. The van der Waals surface area contributed by atoms with E-state index in [1.165, 1.54) is 12.1 Å². The van der Waals surface area contributed by atoms with Crippen LogP contribution < -0.4 is 15.2 Å². The third kappa shape index (κ3) is 3.31. The van der Waals surface area contributed by atoms with Gasteiger partial charge in [0.15, 0.2) is 11.5 Å². The molecule has 0 amide bonds. The summed E-state index contributed by atoms with van der Waals surface area (Å²) in [4.78, 5) is 0. The minimum Gasteiger partial charge on any atom is -0.395 e. The first kappa shape index (κ1) is 16.9. The Morgan fingerprint density at radius 2 is 1.75 bits per heavy atom. The molecule has 20 heavy (non-hydrogen) atoms. The number of halogens is 3. The largest absolute Gasteiger partial charge is 0.586 e. The molecule has 0 aliphatic carbocycles. The summed E-state index contributed by atoms with van der Waals surface area (Å²) in [5.74, 6) is -0.106. The average Bonchev–Trinajstić information content (AvgIpc) is 2.58. The van der Waals surface area contributed by atoms with E-state index in [0.717, 1.165) is 0 Å². The molecule has 1 heterocycles. The van der Waals surface area contributed by atoms with Gasteiger partial charge in [-0.1, -0.05) is 26.8 Å². The molecule has 1 aliphatic heterocycles. The summed E-state index contributed by atoms with van der Waals surface area (Å²) in [5, 5.41) is 10.1. The Hall–Kier alpha value is -1.11. The molecule has 0 bridgehead atoms. The van der Waals surface area contributed by atoms with Gasteiger partial charge in [-0.15, -0.1) is 21.2 Å². The quantitative estimate of drug-likeness (QED) is 0.881. The molecule has 0 aromatic heterocycles. The normalized spacial score (nSPS) is 19.1. The van der Waals surface area contributed by atoms with Gasteiger partial charge in [0, 0.05) is 0 Å². The lowest BCUT2D eigenvalue weighted by atomic mass is 9.82. The summed E-state index contributed by atoms with van der Waals surface area (Å²) in [7, 11) is 0. The van der Waals surface area contributed by atoms with Crippen LogP contribution in [0.1, 0.15) is 32.4 Å². The van der Waals surface area contributed by atoms with Crippen LogP contribution in [0.4, 0.5) is 8.78 Å². The molecule has 0 radical (unpaired) electrons. The number of aliphatic hydroxyl groups excluding tert-OH is 1. The molecule has 0 unspecified atom stereocenters. The Bertz CT molecular complexity index is 491. The van der Waals surface area contributed by atoms with Gasteiger partial charge in [-0.05, 0) is 23.1 Å². The van der Waals surface area contributed by atoms with Gasteiger partial charge in [0.2, 0.25) is 0 Å². The Balaban J connectivity index is 0.00000200. The third-order valence-corrected chi connectivity index (χ3v) is 3.04. The Labute approximate surface area is 122 Å². The van der Waals surface area contributed by atoms with E-state index in [4.69, 9.17) is 5.73 Å². The number of ether oxygens (including phenoxy) is 2. The summed E-state index contributed by atoms with van der Waals surface area (Å²) >= 11 is 0. The van der Waals surface area contributed by atoms with E-state index >= 15 is 0 Å². The first-order valence-corrected chi connectivity index (χ1v) is 5.93. The number of alkyl halides is 2. The Morgan fingerprint density at radius 3 is 2.30 bits per heavy atom. The van der Waals surface area contributed by atoms with Crippen molar-refractivity contribution in [3.8, 4) is 11.5 Å². The van der Waals surface area contributed by atoms with Crippen molar-refractivity contribution in [3.05, 3.63) is 23.8 Å². The molecule has 0 saturated carbocycles. The van der Waals surface area contributed by atoms with Crippen molar-refractivity contribution in [1.82, 2.24) is 0 Å². The third-order valence-electron chi connectivity index (χ3n) is 3.04. The molecule has 0 fully saturated rings. The van der Waals surface area contributed by atoms with Crippen LogP contribution in [0.5, 0.6) is 11.5 Å². The van der Waals surface area contributed by atoms with Gasteiger partial charge in [-0.25, -0.2) is 0 Å². The van der Waals surface area contributed by atoms with E-state index in [2.05, 4.69) is 9.47 Å². The van der Waals surface area contributed by atoms with Crippen molar-refractivity contribution >= 4 is 12.4 Å². The van der Waals surface area contributed by atoms with Crippen LogP contribution in [-0.4, -0.2) is 17.5 Å². The van der Waals surface area contributed by atoms with E-state index in [1.807, 2.05) is 20.8 Å². The van der Waals surface area contributed by atoms with E-state index in [9.17, 15) is 13.9 Å². The van der Waals surface area contributed by atoms with E-state index in [1.54, 1.807) is 6.07 Å². The highest BCUT2D eigenvalue weighted by Gasteiger charge is 2.43. The van der Waals surface area contributed by atoms with Crippen molar-refractivity contribution in [2.75, 3.05) is 0 Å².